The topological polar surface area (TPSA) is 45.5 Å². The van der Waals surface area contributed by atoms with Crippen molar-refractivity contribution in [2.24, 2.45) is 0 Å². The molecule has 1 aliphatic rings. The third-order valence-electron chi connectivity index (χ3n) is 4.98. The third-order valence-corrected chi connectivity index (χ3v) is 4.98. The Morgan fingerprint density at radius 2 is 1.79 bits per heavy atom. The molecule has 0 saturated carbocycles. The fourth-order valence-corrected chi connectivity index (χ4v) is 3.79. The zero-order valence-electron chi connectivity index (χ0n) is 14.5. The summed E-state index contributed by atoms with van der Waals surface area (Å²) >= 11 is 0. The molecule has 24 heavy (non-hydrogen) atoms. The molecule has 1 fully saturated rings. The van der Waals surface area contributed by atoms with Gasteiger partial charge in [0.05, 0.1) is 11.6 Å². The number of rotatable bonds is 4. The van der Waals surface area contributed by atoms with E-state index in [1.165, 1.54) is 6.42 Å². The molecule has 0 amide bonds. The Balaban J connectivity index is 2.18. The molecule has 0 aliphatic carbocycles. The maximum atomic E-state index is 13.1. The lowest BCUT2D eigenvalue weighted by Gasteiger charge is -2.35. The summed E-state index contributed by atoms with van der Waals surface area (Å²) in [5.74, 6) is 0.113. The number of piperidine rings is 1. The number of hydrogen-bond acceptors (Lipinski definition) is 3. The van der Waals surface area contributed by atoms with E-state index in [-0.39, 0.29) is 17.4 Å². The fraction of sp³-hybridized carbons (Fsp3) is 0.450. The van der Waals surface area contributed by atoms with Gasteiger partial charge in [-0.25, -0.2) is 0 Å². The van der Waals surface area contributed by atoms with Gasteiger partial charge in [0.2, 0.25) is 0 Å². The summed E-state index contributed by atoms with van der Waals surface area (Å²) in [5, 5.41) is 10.6. The van der Waals surface area contributed by atoms with Crippen molar-refractivity contribution >= 4 is 0 Å². The van der Waals surface area contributed by atoms with E-state index < -0.39 is 0 Å². The molecule has 1 aromatic carbocycles. The number of hydrogen-bond donors (Lipinski definition) is 1. The van der Waals surface area contributed by atoms with Crippen molar-refractivity contribution in [2.45, 2.75) is 45.7 Å². The van der Waals surface area contributed by atoms with Gasteiger partial charge < -0.3 is 9.67 Å². The minimum atomic E-state index is -0.183. The Labute approximate surface area is 143 Å². The molecule has 4 nitrogen and oxygen atoms in total. The zero-order chi connectivity index (χ0) is 17.1. The Kier molecular flexibility index (Phi) is 5.05. The number of aryl methyl sites for hydroxylation is 1. The van der Waals surface area contributed by atoms with Crippen molar-refractivity contribution in [2.75, 3.05) is 13.1 Å². The molecule has 1 saturated heterocycles. The molecule has 1 N–H and O–H groups in total. The average Bonchev–Trinajstić information content (AvgIpc) is 2.60. The third kappa shape index (κ3) is 3.11. The second-order valence-electron chi connectivity index (χ2n) is 6.54. The summed E-state index contributed by atoms with van der Waals surface area (Å²) in [6.45, 7) is 6.36. The molecule has 128 valence electrons. The molecule has 4 heteroatoms. The van der Waals surface area contributed by atoms with Crippen molar-refractivity contribution in [3.8, 4) is 5.75 Å². The van der Waals surface area contributed by atoms with Crippen molar-refractivity contribution < 1.29 is 5.11 Å². The summed E-state index contributed by atoms with van der Waals surface area (Å²) < 4.78 is 1.74. The van der Waals surface area contributed by atoms with Crippen LogP contribution < -0.4 is 5.56 Å². The lowest BCUT2D eigenvalue weighted by atomic mass is 9.94. The molecule has 0 radical (unpaired) electrons. The van der Waals surface area contributed by atoms with Crippen molar-refractivity contribution in [3.63, 3.8) is 0 Å². The van der Waals surface area contributed by atoms with E-state index in [1.54, 1.807) is 10.6 Å². The van der Waals surface area contributed by atoms with Gasteiger partial charge in [-0.3, -0.25) is 9.69 Å². The maximum Gasteiger partial charge on any atom is 0.259 e. The van der Waals surface area contributed by atoms with Crippen LogP contribution in [0, 0.1) is 6.92 Å². The fourth-order valence-electron chi connectivity index (χ4n) is 3.79. The van der Waals surface area contributed by atoms with Crippen LogP contribution in [0.5, 0.6) is 5.75 Å². The molecule has 0 spiro atoms. The standard InChI is InChI=1S/C20H26N2O2/c1-3-22-15(2)14-17(23)18(20(22)24)19(16-10-6-4-7-11-16)21-12-8-5-9-13-21/h4,6-7,10-11,14,19,23H,3,5,8-9,12-13H2,1-2H3. The van der Waals surface area contributed by atoms with Gasteiger partial charge in [-0.15, -0.1) is 0 Å². The number of benzene rings is 1. The van der Waals surface area contributed by atoms with E-state index in [0.29, 0.717) is 12.1 Å². The number of likely N-dealkylation sites (tertiary alicyclic amines) is 1. The van der Waals surface area contributed by atoms with E-state index in [2.05, 4.69) is 4.90 Å². The monoisotopic (exact) mass is 326 g/mol. The van der Waals surface area contributed by atoms with E-state index in [1.807, 2.05) is 44.2 Å². The molecule has 1 aromatic heterocycles. The first-order chi connectivity index (χ1) is 11.6. The Hall–Kier alpha value is -2.07. The van der Waals surface area contributed by atoms with Gasteiger partial charge in [-0.2, -0.15) is 0 Å². The Morgan fingerprint density at radius 1 is 1.12 bits per heavy atom. The Bertz CT molecular complexity index is 746. The summed E-state index contributed by atoms with van der Waals surface area (Å²) in [6.07, 6.45) is 3.51. The highest BCUT2D eigenvalue weighted by Crippen LogP contribution is 2.34. The van der Waals surface area contributed by atoms with Crippen LogP contribution in [-0.4, -0.2) is 27.7 Å². The Morgan fingerprint density at radius 3 is 2.42 bits per heavy atom. The van der Waals surface area contributed by atoms with Crippen LogP contribution in [0.4, 0.5) is 0 Å². The molecule has 1 unspecified atom stereocenters. The van der Waals surface area contributed by atoms with Gasteiger partial charge in [0.1, 0.15) is 5.75 Å². The SMILES string of the molecule is CCn1c(C)cc(O)c(C(c2ccccc2)N2CCCCC2)c1=O. The van der Waals surface area contributed by atoms with Crippen LogP contribution in [0.2, 0.25) is 0 Å². The molecule has 3 rings (SSSR count). The molecular weight excluding hydrogens is 300 g/mol. The number of aromatic hydroxyl groups is 1. The smallest absolute Gasteiger partial charge is 0.259 e. The second kappa shape index (κ2) is 7.22. The second-order valence-corrected chi connectivity index (χ2v) is 6.54. The number of nitrogens with zero attached hydrogens (tertiary/aromatic N) is 2. The summed E-state index contributed by atoms with van der Waals surface area (Å²) in [7, 11) is 0. The lowest BCUT2D eigenvalue weighted by molar-refractivity contribution is 0.183. The van der Waals surface area contributed by atoms with Crippen LogP contribution in [-0.2, 0) is 6.54 Å². The van der Waals surface area contributed by atoms with Gasteiger partial charge in [-0.05, 0) is 51.4 Å². The van der Waals surface area contributed by atoms with E-state index in [4.69, 9.17) is 0 Å². The van der Waals surface area contributed by atoms with Crippen molar-refractivity contribution in [1.29, 1.82) is 0 Å². The van der Waals surface area contributed by atoms with Crippen LogP contribution >= 0.6 is 0 Å². The van der Waals surface area contributed by atoms with E-state index >= 15 is 0 Å². The maximum absolute atomic E-state index is 13.1. The molecule has 2 aromatic rings. The molecular formula is C20H26N2O2. The number of aromatic nitrogens is 1. The van der Waals surface area contributed by atoms with E-state index in [0.717, 1.165) is 37.2 Å². The number of pyridine rings is 1. The average molecular weight is 326 g/mol. The van der Waals surface area contributed by atoms with Crippen LogP contribution in [0.1, 0.15) is 49.0 Å². The first-order valence-corrected chi connectivity index (χ1v) is 8.85. The minimum Gasteiger partial charge on any atom is -0.507 e. The highest BCUT2D eigenvalue weighted by Gasteiger charge is 2.29. The first-order valence-electron chi connectivity index (χ1n) is 8.85. The molecule has 0 bridgehead atoms. The van der Waals surface area contributed by atoms with Crippen LogP contribution in [0.15, 0.2) is 41.2 Å². The van der Waals surface area contributed by atoms with Gasteiger partial charge in [0.25, 0.3) is 5.56 Å². The van der Waals surface area contributed by atoms with E-state index in [9.17, 15) is 9.90 Å². The minimum absolute atomic E-state index is 0.0746. The largest absolute Gasteiger partial charge is 0.507 e. The molecule has 1 aliphatic heterocycles. The van der Waals surface area contributed by atoms with Gasteiger partial charge >= 0.3 is 0 Å². The summed E-state index contributed by atoms with van der Waals surface area (Å²) in [4.78, 5) is 15.4. The highest BCUT2D eigenvalue weighted by atomic mass is 16.3. The quantitative estimate of drug-likeness (QED) is 0.936. The van der Waals surface area contributed by atoms with Gasteiger partial charge in [-0.1, -0.05) is 36.8 Å². The predicted octanol–water partition coefficient (Wildman–Crippen LogP) is 3.46. The normalized spacial score (nSPS) is 16.9. The van der Waals surface area contributed by atoms with Crippen molar-refractivity contribution in [1.82, 2.24) is 9.47 Å². The highest BCUT2D eigenvalue weighted by molar-refractivity contribution is 5.41. The summed E-state index contributed by atoms with van der Waals surface area (Å²) in [6, 6.07) is 11.6. The molecule has 1 atom stereocenters. The first kappa shape index (κ1) is 16.8. The lowest BCUT2D eigenvalue weighted by Crippen LogP contribution is -2.38. The van der Waals surface area contributed by atoms with Gasteiger partial charge in [0, 0.05) is 12.2 Å². The van der Waals surface area contributed by atoms with Crippen LogP contribution in [0.3, 0.4) is 0 Å². The van der Waals surface area contributed by atoms with Crippen molar-refractivity contribution in [3.05, 3.63) is 63.6 Å². The molecule has 2 heterocycles. The van der Waals surface area contributed by atoms with Crippen LogP contribution in [0.25, 0.3) is 0 Å². The predicted molar refractivity (Wildman–Crippen MR) is 96.5 cm³/mol. The zero-order valence-corrected chi connectivity index (χ0v) is 14.5. The van der Waals surface area contributed by atoms with Gasteiger partial charge in [0.15, 0.2) is 0 Å². The summed E-state index contributed by atoms with van der Waals surface area (Å²) in [5.41, 5.74) is 2.30.